The lowest BCUT2D eigenvalue weighted by molar-refractivity contribution is 0.0576. The van der Waals surface area contributed by atoms with Crippen molar-refractivity contribution in [3.63, 3.8) is 0 Å². The Kier molecular flexibility index (Phi) is 4.49. The van der Waals surface area contributed by atoms with E-state index in [2.05, 4.69) is 31.2 Å². The van der Waals surface area contributed by atoms with E-state index in [0.717, 1.165) is 12.1 Å². The van der Waals surface area contributed by atoms with Crippen molar-refractivity contribution in [3.8, 4) is 0 Å². The second-order valence-corrected chi connectivity index (χ2v) is 6.15. The van der Waals surface area contributed by atoms with Crippen LogP contribution in [0.25, 0.3) is 0 Å². The van der Waals surface area contributed by atoms with Gasteiger partial charge in [0.1, 0.15) is 5.82 Å². The van der Waals surface area contributed by atoms with Crippen molar-refractivity contribution >= 4 is 11.6 Å². The molecule has 1 unspecified atom stereocenters. The first-order valence-electron chi connectivity index (χ1n) is 6.80. The number of rotatable bonds is 5. The number of benzene rings is 1. The summed E-state index contributed by atoms with van der Waals surface area (Å²) in [6.07, 6.45) is 3.76. The summed E-state index contributed by atoms with van der Waals surface area (Å²) in [6, 6.07) is 4.73. The van der Waals surface area contributed by atoms with Gasteiger partial charge in [-0.2, -0.15) is 0 Å². The molecule has 0 aromatic heterocycles. The maximum absolute atomic E-state index is 13.0. The van der Waals surface area contributed by atoms with Gasteiger partial charge in [0.2, 0.25) is 0 Å². The van der Waals surface area contributed by atoms with Crippen molar-refractivity contribution in [2.24, 2.45) is 0 Å². The Morgan fingerprint density at radius 2 is 2.11 bits per heavy atom. The Morgan fingerprint density at radius 1 is 1.42 bits per heavy atom. The molecular formula is C15H22ClFN2. The average molecular weight is 285 g/mol. The van der Waals surface area contributed by atoms with Crippen LogP contribution >= 0.6 is 11.6 Å². The Labute approximate surface area is 119 Å². The Bertz CT molecular complexity index is 444. The van der Waals surface area contributed by atoms with Crippen LogP contribution in [-0.2, 0) is 0 Å². The van der Waals surface area contributed by atoms with E-state index in [-0.39, 0.29) is 17.4 Å². The zero-order valence-corrected chi connectivity index (χ0v) is 12.6. The van der Waals surface area contributed by atoms with Crippen LogP contribution in [0.3, 0.4) is 0 Å². The van der Waals surface area contributed by atoms with E-state index < -0.39 is 0 Å². The van der Waals surface area contributed by atoms with Crippen molar-refractivity contribution in [1.29, 1.82) is 0 Å². The van der Waals surface area contributed by atoms with Gasteiger partial charge in [-0.25, -0.2) is 4.39 Å². The molecule has 1 aromatic rings. The van der Waals surface area contributed by atoms with E-state index >= 15 is 0 Å². The summed E-state index contributed by atoms with van der Waals surface area (Å²) in [4.78, 5) is 2.31. The first-order valence-corrected chi connectivity index (χ1v) is 7.18. The van der Waals surface area contributed by atoms with Gasteiger partial charge in [-0.1, -0.05) is 17.7 Å². The Hall–Kier alpha value is -0.640. The van der Waals surface area contributed by atoms with Crippen LogP contribution in [0.2, 0.25) is 5.02 Å². The fourth-order valence-electron chi connectivity index (χ4n) is 2.67. The number of nitrogens with zero attached hydrogens (tertiary/aromatic N) is 1. The second-order valence-electron chi connectivity index (χ2n) is 5.74. The van der Waals surface area contributed by atoms with Gasteiger partial charge in [-0.05, 0) is 58.0 Å². The first-order chi connectivity index (χ1) is 8.94. The molecule has 1 N–H and O–H groups in total. The zero-order valence-electron chi connectivity index (χ0n) is 11.8. The number of hydrogen-bond acceptors (Lipinski definition) is 2. The fraction of sp³-hybridized carbons (Fsp3) is 0.600. The summed E-state index contributed by atoms with van der Waals surface area (Å²) in [7, 11) is 4.27. The minimum absolute atomic E-state index is 0.130. The zero-order chi connectivity index (χ0) is 14.0. The standard InChI is InChI=1S/C15H22ClFN2/c1-11(13-6-5-12(17)9-14(13)16)18-10-15(19(2)3)7-4-8-15/h5-6,9,11,18H,4,7-8,10H2,1-3H3. The van der Waals surface area contributed by atoms with Crippen LogP contribution in [0.1, 0.15) is 37.8 Å². The van der Waals surface area contributed by atoms with Gasteiger partial charge in [0.25, 0.3) is 0 Å². The molecule has 0 saturated heterocycles. The van der Waals surface area contributed by atoms with Gasteiger partial charge in [-0.15, -0.1) is 0 Å². The van der Waals surface area contributed by atoms with Gasteiger partial charge in [0, 0.05) is 23.1 Å². The number of nitrogens with one attached hydrogen (secondary N) is 1. The van der Waals surface area contributed by atoms with E-state index in [1.54, 1.807) is 6.07 Å². The predicted molar refractivity (Wildman–Crippen MR) is 78.1 cm³/mol. The summed E-state index contributed by atoms with van der Waals surface area (Å²) >= 11 is 6.09. The van der Waals surface area contributed by atoms with Gasteiger partial charge in [-0.3, -0.25) is 0 Å². The second kappa shape index (κ2) is 5.78. The normalized spacial score (nSPS) is 19.3. The molecule has 1 aliphatic carbocycles. The molecule has 1 aromatic carbocycles. The van der Waals surface area contributed by atoms with Gasteiger partial charge < -0.3 is 10.2 Å². The highest BCUT2D eigenvalue weighted by molar-refractivity contribution is 6.31. The summed E-state index contributed by atoms with van der Waals surface area (Å²) in [5.41, 5.74) is 1.23. The van der Waals surface area contributed by atoms with E-state index in [9.17, 15) is 4.39 Å². The lowest BCUT2D eigenvalue weighted by atomic mass is 9.75. The van der Waals surface area contributed by atoms with Crippen LogP contribution < -0.4 is 5.32 Å². The van der Waals surface area contributed by atoms with Crippen LogP contribution in [0.4, 0.5) is 4.39 Å². The van der Waals surface area contributed by atoms with Crippen LogP contribution in [0.5, 0.6) is 0 Å². The third kappa shape index (κ3) is 3.10. The molecule has 2 rings (SSSR count). The largest absolute Gasteiger partial charge is 0.308 e. The van der Waals surface area contributed by atoms with E-state index in [0.29, 0.717) is 5.02 Å². The van der Waals surface area contributed by atoms with Crippen molar-refractivity contribution in [2.45, 2.75) is 37.8 Å². The van der Waals surface area contributed by atoms with Gasteiger partial charge in [0.15, 0.2) is 0 Å². The molecule has 1 fully saturated rings. The molecule has 19 heavy (non-hydrogen) atoms. The minimum atomic E-state index is -0.287. The van der Waals surface area contributed by atoms with Crippen LogP contribution in [0, 0.1) is 5.82 Å². The van der Waals surface area contributed by atoms with Gasteiger partial charge >= 0.3 is 0 Å². The highest BCUT2D eigenvalue weighted by atomic mass is 35.5. The Morgan fingerprint density at radius 3 is 2.58 bits per heavy atom. The number of hydrogen-bond donors (Lipinski definition) is 1. The molecule has 106 valence electrons. The molecule has 1 atom stereocenters. The van der Waals surface area contributed by atoms with E-state index in [1.165, 1.54) is 31.4 Å². The topological polar surface area (TPSA) is 15.3 Å². The molecule has 2 nitrogen and oxygen atoms in total. The van der Waals surface area contributed by atoms with Crippen LogP contribution in [0.15, 0.2) is 18.2 Å². The highest BCUT2D eigenvalue weighted by Crippen LogP contribution is 2.36. The molecule has 0 bridgehead atoms. The van der Waals surface area contributed by atoms with Gasteiger partial charge in [0.05, 0.1) is 0 Å². The summed E-state index contributed by atoms with van der Waals surface area (Å²) in [5.74, 6) is -0.287. The highest BCUT2D eigenvalue weighted by Gasteiger charge is 2.38. The number of halogens is 2. The smallest absolute Gasteiger partial charge is 0.124 e. The van der Waals surface area contributed by atoms with Crippen molar-refractivity contribution in [2.75, 3.05) is 20.6 Å². The summed E-state index contributed by atoms with van der Waals surface area (Å²) in [6.45, 7) is 3.01. The van der Waals surface area contributed by atoms with Crippen molar-refractivity contribution < 1.29 is 4.39 Å². The lowest BCUT2D eigenvalue weighted by Gasteiger charge is -2.48. The molecule has 4 heteroatoms. The fourth-order valence-corrected chi connectivity index (χ4v) is 3.00. The third-order valence-corrected chi connectivity index (χ3v) is 4.73. The maximum atomic E-state index is 13.0. The number of likely N-dealkylation sites (N-methyl/N-ethyl adjacent to an activating group) is 1. The molecule has 0 heterocycles. The summed E-state index contributed by atoms with van der Waals surface area (Å²) < 4.78 is 13.0. The molecule has 0 amide bonds. The third-order valence-electron chi connectivity index (χ3n) is 4.40. The SMILES string of the molecule is CC(NCC1(N(C)C)CCC1)c1ccc(F)cc1Cl. The average Bonchev–Trinajstić information content (AvgIpc) is 2.26. The van der Waals surface area contributed by atoms with E-state index in [4.69, 9.17) is 11.6 Å². The molecule has 1 aliphatic rings. The molecular weight excluding hydrogens is 263 g/mol. The van der Waals surface area contributed by atoms with Crippen molar-refractivity contribution in [1.82, 2.24) is 10.2 Å². The molecule has 1 saturated carbocycles. The monoisotopic (exact) mass is 284 g/mol. The van der Waals surface area contributed by atoms with Crippen molar-refractivity contribution in [3.05, 3.63) is 34.6 Å². The molecule has 0 radical (unpaired) electrons. The van der Waals surface area contributed by atoms with Crippen LogP contribution in [-0.4, -0.2) is 31.1 Å². The predicted octanol–water partition coefficient (Wildman–Crippen LogP) is 3.61. The molecule has 0 spiro atoms. The molecule has 0 aliphatic heterocycles. The quantitative estimate of drug-likeness (QED) is 0.888. The summed E-state index contributed by atoms with van der Waals surface area (Å²) in [5, 5.41) is 4.03. The Balaban J connectivity index is 1.99. The maximum Gasteiger partial charge on any atom is 0.124 e. The van der Waals surface area contributed by atoms with E-state index in [1.807, 2.05) is 0 Å². The minimum Gasteiger partial charge on any atom is -0.308 e. The first kappa shape index (κ1) is 14.8. The lowest BCUT2D eigenvalue weighted by Crippen LogP contribution is -2.56.